The molecule has 4 nitrogen and oxygen atoms in total. The average molecular weight is 286 g/mol. The van der Waals surface area contributed by atoms with Crippen molar-refractivity contribution in [3.8, 4) is 0 Å². The molecule has 4 rings (SSSR count). The van der Waals surface area contributed by atoms with E-state index in [2.05, 4.69) is 17.4 Å². The summed E-state index contributed by atoms with van der Waals surface area (Å²) < 4.78 is 7.08. The zero-order valence-corrected chi connectivity index (χ0v) is 12.6. The Morgan fingerprint density at radius 1 is 1.38 bits per heavy atom. The van der Waals surface area contributed by atoms with E-state index in [0.717, 1.165) is 23.3 Å². The molecule has 1 heterocycles. The van der Waals surface area contributed by atoms with E-state index in [-0.39, 0.29) is 5.76 Å². The second kappa shape index (κ2) is 4.73. The van der Waals surface area contributed by atoms with Crippen molar-refractivity contribution in [1.82, 2.24) is 9.88 Å². The number of oxazole rings is 1. The molecule has 0 saturated heterocycles. The molecule has 0 amide bonds. The molecule has 1 aromatic heterocycles. The number of rotatable bonds is 4. The van der Waals surface area contributed by atoms with E-state index in [4.69, 9.17) is 4.42 Å². The zero-order chi connectivity index (χ0) is 14.6. The van der Waals surface area contributed by atoms with Gasteiger partial charge in [0.1, 0.15) is 0 Å². The number of fused-ring (bicyclic) bond motifs is 2. The van der Waals surface area contributed by atoms with Crippen LogP contribution in [0.5, 0.6) is 0 Å². The van der Waals surface area contributed by atoms with Gasteiger partial charge in [-0.3, -0.25) is 4.57 Å². The Balaban J connectivity index is 1.71. The van der Waals surface area contributed by atoms with E-state index in [9.17, 15) is 4.79 Å². The largest absolute Gasteiger partial charge is 0.419 e. The summed E-state index contributed by atoms with van der Waals surface area (Å²) in [6, 6.07) is 6.62. The van der Waals surface area contributed by atoms with Crippen LogP contribution in [0.2, 0.25) is 0 Å². The van der Waals surface area contributed by atoms with Crippen molar-refractivity contribution >= 4 is 11.1 Å². The molecule has 21 heavy (non-hydrogen) atoms. The lowest BCUT2D eigenvalue weighted by Crippen LogP contribution is -2.20. The highest BCUT2D eigenvalue weighted by molar-refractivity contribution is 5.74. The van der Waals surface area contributed by atoms with Crippen molar-refractivity contribution in [1.29, 1.82) is 0 Å². The second-order valence-electron chi connectivity index (χ2n) is 6.44. The Hall–Kier alpha value is -1.55. The summed E-state index contributed by atoms with van der Waals surface area (Å²) in [5.41, 5.74) is 2.86. The van der Waals surface area contributed by atoms with E-state index >= 15 is 0 Å². The summed E-state index contributed by atoms with van der Waals surface area (Å²) in [4.78, 5) is 11.8. The van der Waals surface area contributed by atoms with E-state index in [1.54, 1.807) is 4.57 Å². The highest BCUT2D eigenvalue weighted by Crippen LogP contribution is 2.62. The van der Waals surface area contributed by atoms with Crippen LogP contribution < -0.4 is 11.1 Å². The van der Waals surface area contributed by atoms with Crippen molar-refractivity contribution in [2.45, 2.75) is 38.8 Å². The third-order valence-electron chi connectivity index (χ3n) is 5.54. The Morgan fingerprint density at radius 2 is 2.14 bits per heavy atom. The number of nitrogens with one attached hydrogen (secondary N) is 1. The van der Waals surface area contributed by atoms with E-state index in [0.29, 0.717) is 18.2 Å². The molecule has 0 spiro atoms. The molecule has 2 fully saturated rings. The first-order valence-electron chi connectivity index (χ1n) is 8.05. The quantitative estimate of drug-likeness (QED) is 0.940. The van der Waals surface area contributed by atoms with E-state index in [1.807, 2.05) is 20.0 Å². The molecular weight excluding hydrogens is 264 g/mol. The zero-order valence-electron chi connectivity index (χ0n) is 12.6. The fraction of sp³-hybridized carbons (Fsp3) is 0.588. The third kappa shape index (κ3) is 1.89. The van der Waals surface area contributed by atoms with Crippen LogP contribution in [-0.4, -0.2) is 11.6 Å². The van der Waals surface area contributed by atoms with Crippen LogP contribution in [0.3, 0.4) is 0 Å². The minimum Gasteiger partial charge on any atom is -0.408 e. The molecular formula is C17H22N2O2. The molecule has 0 aliphatic heterocycles. The standard InChI is InChI=1S/C17H22N2O2/c1-3-19-13-8-7-10(9-14(13)21-17(19)20)16(18-2)15-11-5-4-6-12(11)15/h7-9,11-12,15-16,18H,3-6H2,1-2H3. The lowest BCUT2D eigenvalue weighted by atomic mass is 9.97. The number of aromatic nitrogens is 1. The van der Waals surface area contributed by atoms with Crippen molar-refractivity contribution in [2.24, 2.45) is 17.8 Å². The number of hydrogen-bond donors (Lipinski definition) is 1. The van der Waals surface area contributed by atoms with Gasteiger partial charge in [-0.2, -0.15) is 0 Å². The Kier molecular flexibility index (Phi) is 2.96. The molecule has 0 bridgehead atoms. The SMILES string of the molecule is CCn1c(=O)oc2cc(C(NC)C3C4CCCC43)ccc21. The van der Waals surface area contributed by atoms with E-state index < -0.39 is 0 Å². The first-order valence-corrected chi connectivity index (χ1v) is 8.05. The fourth-order valence-corrected chi connectivity index (χ4v) is 4.53. The second-order valence-corrected chi connectivity index (χ2v) is 6.44. The van der Waals surface area contributed by atoms with Gasteiger partial charge in [-0.05, 0) is 62.3 Å². The molecule has 3 unspecified atom stereocenters. The highest BCUT2D eigenvalue weighted by Gasteiger charge is 2.55. The van der Waals surface area contributed by atoms with Gasteiger partial charge < -0.3 is 9.73 Å². The monoisotopic (exact) mass is 286 g/mol. The molecule has 2 aromatic rings. The van der Waals surface area contributed by atoms with Gasteiger partial charge in [-0.1, -0.05) is 12.5 Å². The summed E-state index contributed by atoms with van der Waals surface area (Å²) in [5, 5.41) is 3.48. The van der Waals surface area contributed by atoms with Crippen molar-refractivity contribution in [3.05, 3.63) is 34.3 Å². The first kappa shape index (κ1) is 13.1. The summed E-state index contributed by atoms with van der Waals surface area (Å²) in [7, 11) is 2.04. The van der Waals surface area contributed by atoms with E-state index in [1.165, 1.54) is 24.8 Å². The maximum Gasteiger partial charge on any atom is 0.419 e. The van der Waals surface area contributed by atoms with Crippen molar-refractivity contribution in [3.63, 3.8) is 0 Å². The average Bonchev–Trinajstić information content (AvgIpc) is 2.86. The molecule has 1 aromatic carbocycles. The van der Waals surface area contributed by atoms with Gasteiger partial charge in [0.25, 0.3) is 0 Å². The van der Waals surface area contributed by atoms with Gasteiger partial charge in [0.2, 0.25) is 0 Å². The van der Waals surface area contributed by atoms with Gasteiger partial charge in [-0.15, -0.1) is 0 Å². The number of hydrogen-bond acceptors (Lipinski definition) is 3. The fourth-order valence-electron chi connectivity index (χ4n) is 4.53. The number of nitrogens with zero attached hydrogens (tertiary/aromatic N) is 1. The number of benzene rings is 1. The van der Waals surface area contributed by atoms with Crippen LogP contribution in [-0.2, 0) is 6.54 Å². The third-order valence-corrected chi connectivity index (χ3v) is 5.54. The molecule has 2 aliphatic carbocycles. The first-order chi connectivity index (χ1) is 10.2. The van der Waals surface area contributed by atoms with Crippen LogP contribution in [0, 0.1) is 17.8 Å². The topological polar surface area (TPSA) is 47.2 Å². The van der Waals surface area contributed by atoms with Gasteiger partial charge in [-0.25, -0.2) is 4.79 Å². The molecule has 0 radical (unpaired) electrons. The Labute approximate surface area is 124 Å². The maximum atomic E-state index is 11.8. The van der Waals surface area contributed by atoms with Crippen LogP contribution >= 0.6 is 0 Å². The van der Waals surface area contributed by atoms with Gasteiger partial charge in [0.05, 0.1) is 5.52 Å². The molecule has 2 aliphatic rings. The van der Waals surface area contributed by atoms with Gasteiger partial charge in [0, 0.05) is 12.6 Å². The smallest absolute Gasteiger partial charge is 0.408 e. The highest BCUT2D eigenvalue weighted by atomic mass is 16.4. The molecule has 2 saturated carbocycles. The summed E-state index contributed by atoms with van der Waals surface area (Å²) in [5.74, 6) is 2.32. The Morgan fingerprint density at radius 3 is 2.81 bits per heavy atom. The lowest BCUT2D eigenvalue weighted by Gasteiger charge is -2.18. The van der Waals surface area contributed by atoms with Gasteiger partial charge in [0.15, 0.2) is 5.58 Å². The normalized spacial score (nSPS) is 28.8. The van der Waals surface area contributed by atoms with Crippen LogP contribution in [0.4, 0.5) is 0 Å². The van der Waals surface area contributed by atoms with Crippen LogP contribution in [0.15, 0.2) is 27.4 Å². The molecule has 3 atom stereocenters. The van der Waals surface area contributed by atoms with Crippen LogP contribution in [0.1, 0.15) is 37.8 Å². The minimum absolute atomic E-state index is 0.256. The minimum atomic E-state index is -0.256. The summed E-state index contributed by atoms with van der Waals surface area (Å²) in [6.45, 7) is 2.61. The predicted octanol–water partition coefficient (Wildman–Crippen LogP) is 2.92. The predicted molar refractivity (Wildman–Crippen MR) is 82.3 cm³/mol. The summed E-state index contributed by atoms with van der Waals surface area (Å²) >= 11 is 0. The lowest BCUT2D eigenvalue weighted by molar-refractivity contribution is 0.444. The van der Waals surface area contributed by atoms with Crippen molar-refractivity contribution in [2.75, 3.05) is 7.05 Å². The van der Waals surface area contributed by atoms with Gasteiger partial charge >= 0.3 is 5.76 Å². The Bertz CT molecular complexity index is 720. The molecule has 112 valence electrons. The van der Waals surface area contributed by atoms with Crippen molar-refractivity contribution < 1.29 is 4.42 Å². The maximum absolute atomic E-state index is 11.8. The summed E-state index contributed by atoms with van der Waals surface area (Å²) in [6.07, 6.45) is 4.17. The molecule has 4 heteroatoms. The number of aryl methyl sites for hydroxylation is 1. The van der Waals surface area contributed by atoms with Crippen LogP contribution in [0.25, 0.3) is 11.1 Å². The molecule has 1 N–H and O–H groups in total.